The number of halogens is 1. The van der Waals surface area contributed by atoms with Gasteiger partial charge in [0.2, 0.25) is 6.17 Å². The van der Waals surface area contributed by atoms with Crippen LogP contribution in [0.1, 0.15) is 13.3 Å². The van der Waals surface area contributed by atoms with Gasteiger partial charge < -0.3 is 9.94 Å². The maximum Gasteiger partial charge on any atom is 0.342 e. The Morgan fingerprint density at radius 2 is 2.33 bits per heavy atom. The summed E-state index contributed by atoms with van der Waals surface area (Å²) in [5.41, 5.74) is 0. The van der Waals surface area contributed by atoms with Crippen molar-refractivity contribution in [2.75, 3.05) is 7.05 Å². The maximum absolute atomic E-state index is 13.0. The molecule has 0 radical (unpaired) electrons. The van der Waals surface area contributed by atoms with Crippen molar-refractivity contribution in [3.63, 3.8) is 0 Å². The van der Waals surface area contributed by atoms with Crippen LogP contribution in [0.25, 0.3) is 0 Å². The van der Waals surface area contributed by atoms with Gasteiger partial charge in [-0.3, -0.25) is 0 Å². The lowest BCUT2D eigenvalue weighted by Gasteiger charge is -2.21. The largest absolute Gasteiger partial charge is 0.458 e. The number of rotatable bonds is 2. The van der Waals surface area contributed by atoms with Crippen LogP contribution < -0.4 is 0 Å². The highest BCUT2D eigenvalue weighted by molar-refractivity contribution is 5.78. The average molecular weight is 177 g/mol. The van der Waals surface area contributed by atoms with Crippen LogP contribution in [-0.2, 0) is 9.53 Å². The van der Waals surface area contributed by atoms with Crippen LogP contribution in [-0.4, -0.2) is 41.6 Å². The number of carbonyl (C=O) groups excluding carboxylic acids is 1. The van der Waals surface area contributed by atoms with Crippen LogP contribution in [0.15, 0.2) is 0 Å². The van der Waals surface area contributed by atoms with Crippen LogP contribution in [0.5, 0.6) is 0 Å². The Kier molecular flexibility index (Phi) is 2.64. The van der Waals surface area contributed by atoms with Crippen LogP contribution in [0, 0.1) is 0 Å². The number of hydroxylamine groups is 2. The Bertz CT molecular complexity index is 185. The smallest absolute Gasteiger partial charge is 0.342 e. The van der Waals surface area contributed by atoms with Gasteiger partial charge in [0.1, 0.15) is 12.1 Å². The summed E-state index contributed by atoms with van der Waals surface area (Å²) < 4.78 is 17.7. The lowest BCUT2D eigenvalue weighted by Crippen LogP contribution is -2.41. The van der Waals surface area contributed by atoms with E-state index in [1.54, 1.807) is 6.92 Å². The number of esters is 1. The fourth-order valence-corrected chi connectivity index (χ4v) is 1.37. The number of nitrogens with zero attached hydrogens (tertiary/aromatic N) is 1. The minimum Gasteiger partial charge on any atom is -0.458 e. The summed E-state index contributed by atoms with van der Waals surface area (Å²) in [6.45, 7) is 1.77. The minimum absolute atomic E-state index is 0.502. The van der Waals surface area contributed by atoms with E-state index in [-0.39, 0.29) is 0 Å². The number of cyclic esters (lactones) is 1. The molecule has 0 amide bonds. The molecule has 4 nitrogen and oxygen atoms in total. The third kappa shape index (κ3) is 1.42. The second-order valence-corrected chi connectivity index (χ2v) is 2.85. The molecule has 1 aliphatic heterocycles. The van der Waals surface area contributed by atoms with E-state index in [0.717, 1.165) is 0 Å². The van der Waals surface area contributed by atoms with Gasteiger partial charge in [-0.05, 0) is 6.42 Å². The summed E-state index contributed by atoms with van der Waals surface area (Å²) in [7, 11) is 1.31. The topological polar surface area (TPSA) is 49.8 Å². The monoisotopic (exact) mass is 177 g/mol. The molecule has 1 rings (SSSR count). The first-order valence-corrected chi connectivity index (χ1v) is 3.84. The first-order valence-electron chi connectivity index (χ1n) is 3.84. The summed E-state index contributed by atoms with van der Waals surface area (Å²) in [5.74, 6) is -0.882. The maximum atomic E-state index is 13.0. The molecule has 0 aliphatic carbocycles. The van der Waals surface area contributed by atoms with Crippen LogP contribution in [0.3, 0.4) is 0 Å². The number of hydrogen-bond donors (Lipinski definition) is 1. The zero-order valence-corrected chi connectivity index (χ0v) is 7.03. The van der Waals surface area contributed by atoms with E-state index in [4.69, 9.17) is 5.21 Å². The number of likely N-dealkylation sites (N-methyl/N-ethyl adjacent to an activating group) is 1. The van der Waals surface area contributed by atoms with Crippen molar-refractivity contribution in [3.05, 3.63) is 0 Å². The predicted molar refractivity (Wildman–Crippen MR) is 38.4 cm³/mol. The lowest BCUT2D eigenvalue weighted by molar-refractivity contribution is -0.145. The average Bonchev–Trinajstić information content (AvgIpc) is 2.28. The second kappa shape index (κ2) is 3.37. The lowest BCUT2D eigenvalue weighted by atomic mass is 10.1. The summed E-state index contributed by atoms with van der Waals surface area (Å²) in [6, 6.07) is -0.859. The Morgan fingerprint density at radius 3 is 2.67 bits per heavy atom. The third-order valence-corrected chi connectivity index (χ3v) is 2.01. The van der Waals surface area contributed by atoms with Gasteiger partial charge in [0, 0.05) is 7.05 Å². The highest BCUT2D eigenvalue weighted by Gasteiger charge is 2.46. The van der Waals surface area contributed by atoms with Crippen LogP contribution in [0.4, 0.5) is 4.39 Å². The summed E-state index contributed by atoms with van der Waals surface area (Å²) in [4.78, 5) is 10.7. The number of alkyl halides is 1. The molecule has 0 bridgehead atoms. The second-order valence-electron chi connectivity index (χ2n) is 2.85. The van der Waals surface area contributed by atoms with E-state index in [1.807, 2.05) is 0 Å². The zero-order valence-electron chi connectivity index (χ0n) is 7.03. The van der Waals surface area contributed by atoms with Crippen molar-refractivity contribution in [1.82, 2.24) is 5.06 Å². The Labute approximate surface area is 69.9 Å². The third-order valence-electron chi connectivity index (χ3n) is 2.01. The standard InChI is InChI=1S/C7H12FNO3/c1-3-4-6(9(2)11)5(8)7(10)12-4/h4-6,11H,3H2,1-2H3/t4-,5?,6?/m1/s1. The molecular weight excluding hydrogens is 165 g/mol. The molecule has 1 aliphatic rings. The molecule has 3 atom stereocenters. The molecule has 1 saturated heterocycles. The number of carbonyl (C=O) groups is 1. The molecule has 0 aromatic heterocycles. The van der Waals surface area contributed by atoms with E-state index >= 15 is 0 Å². The van der Waals surface area contributed by atoms with Gasteiger partial charge in [-0.15, -0.1) is 0 Å². The molecule has 2 unspecified atom stereocenters. The van der Waals surface area contributed by atoms with Crippen molar-refractivity contribution in [3.8, 4) is 0 Å². The molecule has 5 heteroatoms. The summed E-state index contributed by atoms with van der Waals surface area (Å²) in [6.07, 6.45) is -1.77. The molecular formula is C7H12FNO3. The van der Waals surface area contributed by atoms with Crippen molar-refractivity contribution in [2.24, 2.45) is 0 Å². The van der Waals surface area contributed by atoms with Gasteiger partial charge in [0.15, 0.2) is 0 Å². The van der Waals surface area contributed by atoms with Gasteiger partial charge in [-0.25, -0.2) is 9.18 Å². The van der Waals surface area contributed by atoms with Crippen molar-refractivity contribution < 1.29 is 19.1 Å². The van der Waals surface area contributed by atoms with E-state index in [1.165, 1.54) is 7.05 Å². The van der Waals surface area contributed by atoms with Crippen LogP contribution in [0.2, 0.25) is 0 Å². The number of ether oxygens (including phenoxy) is 1. The molecule has 0 aromatic rings. The van der Waals surface area contributed by atoms with Gasteiger partial charge in [0.05, 0.1) is 0 Å². The first-order chi connectivity index (χ1) is 5.57. The molecule has 12 heavy (non-hydrogen) atoms. The van der Waals surface area contributed by atoms with Crippen molar-refractivity contribution in [1.29, 1.82) is 0 Å². The van der Waals surface area contributed by atoms with Crippen molar-refractivity contribution >= 4 is 5.97 Å². The highest BCUT2D eigenvalue weighted by Crippen LogP contribution is 2.24. The molecule has 0 aromatic carbocycles. The first kappa shape index (κ1) is 9.41. The van der Waals surface area contributed by atoms with E-state index in [9.17, 15) is 9.18 Å². The van der Waals surface area contributed by atoms with Gasteiger partial charge >= 0.3 is 5.97 Å². The molecule has 1 heterocycles. The Hall–Kier alpha value is -0.680. The predicted octanol–water partition coefficient (Wildman–Crippen LogP) is 0.350. The fourth-order valence-electron chi connectivity index (χ4n) is 1.37. The molecule has 1 fully saturated rings. The van der Waals surface area contributed by atoms with E-state index < -0.39 is 24.3 Å². The minimum atomic E-state index is -1.73. The van der Waals surface area contributed by atoms with Gasteiger partial charge in [-0.1, -0.05) is 6.92 Å². The summed E-state index contributed by atoms with van der Waals surface area (Å²) in [5, 5.41) is 9.70. The SMILES string of the molecule is CC[C@H]1OC(=O)C(F)C1N(C)O. The number of hydrogen-bond acceptors (Lipinski definition) is 4. The molecule has 70 valence electrons. The van der Waals surface area contributed by atoms with Crippen molar-refractivity contribution in [2.45, 2.75) is 31.7 Å². The van der Waals surface area contributed by atoms with Gasteiger partial charge in [-0.2, -0.15) is 5.06 Å². The van der Waals surface area contributed by atoms with Gasteiger partial charge in [0.25, 0.3) is 0 Å². The molecule has 0 spiro atoms. The Balaban J connectivity index is 2.73. The molecule has 0 saturated carbocycles. The zero-order chi connectivity index (χ0) is 9.30. The summed E-state index contributed by atoms with van der Waals surface area (Å²) >= 11 is 0. The molecule has 1 N–H and O–H groups in total. The Morgan fingerprint density at radius 1 is 1.75 bits per heavy atom. The quantitative estimate of drug-likeness (QED) is 0.488. The van der Waals surface area contributed by atoms with Crippen LogP contribution >= 0.6 is 0 Å². The highest BCUT2D eigenvalue weighted by atomic mass is 19.1. The van der Waals surface area contributed by atoms with E-state index in [2.05, 4.69) is 4.74 Å². The fraction of sp³-hybridized carbons (Fsp3) is 0.857. The van der Waals surface area contributed by atoms with E-state index in [0.29, 0.717) is 11.5 Å². The normalized spacial score (nSPS) is 35.8.